The van der Waals surface area contributed by atoms with E-state index >= 15 is 0 Å². The average Bonchev–Trinajstić information content (AvgIpc) is 2.67. The van der Waals surface area contributed by atoms with Crippen molar-refractivity contribution in [1.29, 1.82) is 0 Å². The number of benzene rings is 2. The van der Waals surface area contributed by atoms with Gasteiger partial charge in [-0.2, -0.15) is 0 Å². The smallest absolute Gasteiger partial charge is 0.337 e. The van der Waals surface area contributed by atoms with Crippen molar-refractivity contribution < 1.29 is 23.9 Å². The average molecular weight is 369 g/mol. The minimum absolute atomic E-state index is 0.320. The number of aryl methyl sites for hydroxylation is 1. The second-order valence-electron chi connectivity index (χ2n) is 6.64. The van der Waals surface area contributed by atoms with Gasteiger partial charge in [-0.3, -0.25) is 9.59 Å². The molecule has 1 N–H and O–H groups in total. The number of rotatable bonds is 6. The van der Waals surface area contributed by atoms with Crippen LogP contribution in [-0.2, 0) is 24.5 Å². The molecule has 2 aromatic rings. The first-order valence-corrected chi connectivity index (χ1v) is 8.47. The van der Waals surface area contributed by atoms with Crippen LogP contribution in [0.1, 0.15) is 35.3 Å². The van der Waals surface area contributed by atoms with Gasteiger partial charge in [0.1, 0.15) is 0 Å². The highest BCUT2D eigenvalue weighted by molar-refractivity contribution is 5.96. The van der Waals surface area contributed by atoms with Crippen molar-refractivity contribution in [2.75, 3.05) is 19.0 Å². The zero-order chi connectivity index (χ0) is 20.0. The molecule has 0 atom stereocenters. The summed E-state index contributed by atoms with van der Waals surface area (Å²) < 4.78 is 9.86. The van der Waals surface area contributed by atoms with E-state index in [-0.39, 0.29) is 0 Å². The quantitative estimate of drug-likeness (QED) is 0.791. The molecule has 1 amide bonds. The molecular formula is C21H23NO5. The van der Waals surface area contributed by atoms with E-state index in [0.29, 0.717) is 11.3 Å². The van der Waals surface area contributed by atoms with Crippen LogP contribution in [0.5, 0.6) is 0 Å². The van der Waals surface area contributed by atoms with Crippen molar-refractivity contribution in [3.8, 4) is 0 Å². The van der Waals surface area contributed by atoms with Crippen LogP contribution in [0.25, 0.3) is 0 Å². The summed E-state index contributed by atoms with van der Waals surface area (Å²) in [4.78, 5) is 36.2. The minimum atomic E-state index is -0.873. The van der Waals surface area contributed by atoms with Gasteiger partial charge in [0.2, 0.25) is 0 Å². The molecule has 0 bridgehead atoms. The summed E-state index contributed by atoms with van der Waals surface area (Å²) in [5, 5.41) is 2.65. The van der Waals surface area contributed by atoms with Crippen LogP contribution in [0.4, 0.5) is 5.69 Å². The number of hydrogen-bond donors (Lipinski definition) is 1. The van der Waals surface area contributed by atoms with Gasteiger partial charge in [0.15, 0.2) is 6.61 Å². The van der Waals surface area contributed by atoms with Gasteiger partial charge in [0.05, 0.1) is 18.1 Å². The van der Waals surface area contributed by atoms with Crippen LogP contribution in [0.15, 0.2) is 48.5 Å². The predicted octanol–water partition coefficient (Wildman–Crippen LogP) is 3.24. The summed E-state index contributed by atoms with van der Waals surface area (Å²) in [6, 6.07) is 14.1. The molecule has 0 aromatic heterocycles. The molecule has 0 aliphatic rings. The normalized spacial score (nSPS) is 10.8. The van der Waals surface area contributed by atoms with E-state index in [4.69, 9.17) is 4.74 Å². The second-order valence-corrected chi connectivity index (χ2v) is 6.64. The molecule has 0 heterocycles. The number of methoxy groups -OCH3 is 1. The van der Waals surface area contributed by atoms with Crippen molar-refractivity contribution in [2.45, 2.75) is 26.2 Å². The van der Waals surface area contributed by atoms with E-state index in [1.165, 1.54) is 13.2 Å². The van der Waals surface area contributed by atoms with Crippen LogP contribution < -0.4 is 5.32 Å². The van der Waals surface area contributed by atoms with Crippen LogP contribution in [0, 0.1) is 6.92 Å². The van der Waals surface area contributed by atoms with Crippen molar-refractivity contribution in [3.63, 3.8) is 0 Å². The third-order valence-electron chi connectivity index (χ3n) is 4.27. The molecular weight excluding hydrogens is 346 g/mol. The Morgan fingerprint density at radius 2 is 1.70 bits per heavy atom. The molecule has 0 fully saturated rings. The highest BCUT2D eigenvalue weighted by Crippen LogP contribution is 2.24. The van der Waals surface area contributed by atoms with E-state index in [1.54, 1.807) is 32.9 Å². The number of anilines is 1. The molecule has 0 radical (unpaired) electrons. The Bertz CT molecular complexity index is 843. The van der Waals surface area contributed by atoms with Crippen LogP contribution in [0.3, 0.4) is 0 Å². The van der Waals surface area contributed by atoms with Gasteiger partial charge >= 0.3 is 11.9 Å². The highest BCUT2D eigenvalue weighted by Gasteiger charge is 2.31. The fourth-order valence-electron chi connectivity index (χ4n) is 2.47. The predicted molar refractivity (Wildman–Crippen MR) is 102 cm³/mol. The lowest BCUT2D eigenvalue weighted by Gasteiger charge is -2.23. The first-order valence-electron chi connectivity index (χ1n) is 8.47. The van der Waals surface area contributed by atoms with Crippen molar-refractivity contribution >= 4 is 23.5 Å². The van der Waals surface area contributed by atoms with E-state index in [9.17, 15) is 14.4 Å². The Labute approximate surface area is 158 Å². The summed E-state index contributed by atoms with van der Waals surface area (Å²) in [7, 11) is 1.29. The first-order chi connectivity index (χ1) is 12.8. The Kier molecular flexibility index (Phi) is 6.34. The molecule has 27 heavy (non-hydrogen) atoms. The number of carbonyl (C=O) groups excluding carboxylic acids is 3. The first kappa shape index (κ1) is 20.2. The monoisotopic (exact) mass is 369 g/mol. The van der Waals surface area contributed by atoms with E-state index in [0.717, 1.165) is 11.1 Å². The summed E-state index contributed by atoms with van der Waals surface area (Å²) in [5.74, 6) is -1.48. The fraction of sp³-hybridized carbons (Fsp3) is 0.286. The number of esters is 2. The van der Waals surface area contributed by atoms with Crippen LogP contribution >= 0.6 is 0 Å². The SMILES string of the molecule is COC(=O)c1ccc(C)c(NC(=O)COC(=O)C(C)(C)c2ccccc2)c1. The van der Waals surface area contributed by atoms with E-state index in [1.807, 2.05) is 30.3 Å². The van der Waals surface area contributed by atoms with Gasteiger partial charge in [-0.05, 0) is 44.0 Å². The summed E-state index contributed by atoms with van der Waals surface area (Å²) in [6.07, 6.45) is 0. The number of ether oxygens (including phenoxy) is 2. The van der Waals surface area contributed by atoms with Crippen molar-refractivity contribution in [3.05, 3.63) is 65.2 Å². The van der Waals surface area contributed by atoms with Crippen LogP contribution in [0.2, 0.25) is 0 Å². The fourth-order valence-corrected chi connectivity index (χ4v) is 2.47. The molecule has 142 valence electrons. The number of nitrogens with one attached hydrogen (secondary N) is 1. The largest absolute Gasteiger partial charge is 0.465 e. The molecule has 2 rings (SSSR count). The number of amides is 1. The molecule has 0 saturated heterocycles. The standard InChI is InChI=1S/C21H23NO5/c1-14-10-11-15(19(24)26-4)12-17(14)22-18(23)13-27-20(25)21(2,3)16-8-6-5-7-9-16/h5-12H,13H2,1-4H3,(H,22,23). The molecule has 0 aliphatic carbocycles. The maximum Gasteiger partial charge on any atom is 0.337 e. The Hall–Kier alpha value is -3.15. The lowest BCUT2D eigenvalue weighted by molar-refractivity contribution is -0.152. The molecule has 0 aliphatic heterocycles. The maximum atomic E-state index is 12.4. The number of carbonyl (C=O) groups is 3. The van der Waals surface area contributed by atoms with E-state index < -0.39 is 29.9 Å². The molecule has 2 aromatic carbocycles. The zero-order valence-corrected chi connectivity index (χ0v) is 15.9. The molecule has 6 nitrogen and oxygen atoms in total. The summed E-state index contributed by atoms with van der Waals surface area (Å²) >= 11 is 0. The van der Waals surface area contributed by atoms with Gasteiger partial charge in [-0.15, -0.1) is 0 Å². The summed E-state index contributed by atoms with van der Waals surface area (Å²) in [6.45, 7) is 4.86. The minimum Gasteiger partial charge on any atom is -0.465 e. The van der Waals surface area contributed by atoms with Gasteiger partial charge in [-0.1, -0.05) is 36.4 Å². The van der Waals surface area contributed by atoms with Crippen molar-refractivity contribution in [2.24, 2.45) is 0 Å². The molecule has 0 unspecified atom stereocenters. The van der Waals surface area contributed by atoms with Gasteiger partial charge in [-0.25, -0.2) is 4.79 Å². The van der Waals surface area contributed by atoms with Crippen molar-refractivity contribution in [1.82, 2.24) is 0 Å². The third-order valence-corrected chi connectivity index (χ3v) is 4.27. The van der Waals surface area contributed by atoms with Gasteiger partial charge < -0.3 is 14.8 Å². The molecule has 6 heteroatoms. The highest BCUT2D eigenvalue weighted by atomic mass is 16.5. The lowest BCUT2D eigenvalue weighted by atomic mass is 9.85. The molecule has 0 saturated carbocycles. The molecule has 0 spiro atoms. The second kappa shape index (κ2) is 8.49. The maximum absolute atomic E-state index is 12.4. The number of hydrogen-bond acceptors (Lipinski definition) is 5. The Morgan fingerprint density at radius 3 is 2.33 bits per heavy atom. The third kappa shape index (κ3) is 4.94. The van der Waals surface area contributed by atoms with Gasteiger partial charge in [0.25, 0.3) is 5.91 Å². The Morgan fingerprint density at radius 1 is 1.04 bits per heavy atom. The van der Waals surface area contributed by atoms with Gasteiger partial charge in [0, 0.05) is 5.69 Å². The van der Waals surface area contributed by atoms with Crippen LogP contribution in [-0.4, -0.2) is 31.6 Å². The zero-order valence-electron chi connectivity index (χ0n) is 15.9. The topological polar surface area (TPSA) is 81.7 Å². The summed E-state index contributed by atoms with van der Waals surface area (Å²) in [5.41, 5.74) is 1.48. The Balaban J connectivity index is 2.00. The van der Waals surface area contributed by atoms with E-state index in [2.05, 4.69) is 10.1 Å². The lowest BCUT2D eigenvalue weighted by Crippen LogP contribution is -2.33.